The van der Waals surface area contributed by atoms with Crippen molar-refractivity contribution in [1.82, 2.24) is 14.9 Å². The van der Waals surface area contributed by atoms with Gasteiger partial charge in [0, 0.05) is 17.8 Å². The fourth-order valence-corrected chi connectivity index (χ4v) is 2.63. The van der Waals surface area contributed by atoms with Gasteiger partial charge in [0.2, 0.25) is 0 Å². The Labute approximate surface area is 97.2 Å². The summed E-state index contributed by atoms with van der Waals surface area (Å²) in [6, 6.07) is 1.95. The maximum atomic E-state index is 10.7. The second kappa shape index (κ2) is 5.47. The van der Waals surface area contributed by atoms with Crippen LogP contribution in [0.1, 0.15) is 24.5 Å². The zero-order chi connectivity index (χ0) is 11.4. The van der Waals surface area contributed by atoms with Crippen LogP contribution in [0.3, 0.4) is 0 Å². The van der Waals surface area contributed by atoms with E-state index in [1.807, 2.05) is 11.0 Å². The highest BCUT2D eigenvalue weighted by molar-refractivity contribution is 7.79. The molecule has 0 radical (unpaired) electrons. The van der Waals surface area contributed by atoms with Gasteiger partial charge in [0.05, 0.1) is 0 Å². The second-order valence-electron chi connectivity index (χ2n) is 3.98. The van der Waals surface area contributed by atoms with E-state index in [-0.39, 0.29) is 5.88 Å². The predicted molar refractivity (Wildman–Crippen MR) is 61.2 cm³/mol. The Morgan fingerprint density at radius 3 is 2.81 bits per heavy atom. The van der Waals surface area contributed by atoms with Crippen molar-refractivity contribution in [3.8, 4) is 0 Å². The molecule has 1 aromatic rings. The summed E-state index contributed by atoms with van der Waals surface area (Å²) in [6.45, 7) is 1.72. The normalized spacial score (nSPS) is 20.8. The molecule has 0 spiro atoms. The number of piperidine rings is 1. The Kier molecular flexibility index (Phi) is 3.98. The number of rotatable bonds is 3. The van der Waals surface area contributed by atoms with Gasteiger partial charge in [-0.2, -0.15) is 0 Å². The first-order valence-corrected chi connectivity index (χ1v) is 6.59. The summed E-state index contributed by atoms with van der Waals surface area (Å²) < 4.78 is 19.5. The highest BCUT2D eigenvalue weighted by atomic mass is 32.2. The van der Waals surface area contributed by atoms with Gasteiger partial charge in [0.25, 0.3) is 0 Å². The fourth-order valence-electron chi connectivity index (χ4n) is 2.06. The molecule has 1 N–H and O–H groups in total. The van der Waals surface area contributed by atoms with Gasteiger partial charge in [-0.25, -0.2) is 14.2 Å². The molecule has 0 aromatic carbocycles. The third kappa shape index (κ3) is 3.07. The smallest absolute Gasteiger partial charge is 0.167 e. The fraction of sp³-hybridized carbons (Fsp3) is 0.600. The Hall–Kier alpha value is -0.850. The molecule has 5 nitrogen and oxygen atoms in total. The van der Waals surface area contributed by atoms with Crippen molar-refractivity contribution in [2.24, 2.45) is 0 Å². The van der Waals surface area contributed by atoms with E-state index in [1.54, 1.807) is 12.5 Å². The lowest BCUT2D eigenvalue weighted by molar-refractivity contribution is 0.238. The van der Waals surface area contributed by atoms with Gasteiger partial charge >= 0.3 is 0 Å². The van der Waals surface area contributed by atoms with Gasteiger partial charge in [0.15, 0.2) is 11.1 Å². The molecule has 0 saturated carbocycles. The van der Waals surface area contributed by atoms with Crippen LogP contribution in [0.4, 0.5) is 0 Å². The molecule has 6 heteroatoms. The van der Waals surface area contributed by atoms with Gasteiger partial charge < -0.3 is 4.55 Å². The lowest BCUT2D eigenvalue weighted by Gasteiger charge is -2.30. The van der Waals surface area contributed by atoms with Crippen LogP contribution in [0.25, 0.3) is 0 Å². The van der Waals surface area contributed by atoms with E-state index in [2.05, 4.69) is 9.97 Å². The summed E-state index contributed by atoms with van der Waals surface area (Å²) in [7, 11) is 0. The summed E-state index contributed by atoms with van der Waals surface area (Å²) in [5.41, 5.74) is 1.08. The molecule has 1 saturated heterocycles. The van der Waals surface area contributed by atoms with Crippen LogP contribution in [0.5, 0.6) is 0 Å². The second-order valence-corrected chi connectivity index (χ2v) is 4.88. The Balaban J connectivity index is 1.88. The van der Waals surface area contributed by atoms with E-state index >= 15 is 0 Å². The Morgan fingerprint density at radius 2 is 2.25 bits per heavy atom. The minimum atomic E-state index is -1.72. The summed E-state index contributed by atoms with van der Waals surface area (Å²) in [6.07, 6.45) is 5.32. The van der Waals surface area contributed by atoms with Gasteiger partial charge in [-0.1, -0.05) is 0 Å². The van der Waals surface area contributed by atoms with Gasteiger partial charge in [0.1, 0.15) is 12.2 Å². The zero-order valence-electron chi connectivity index (χ0n) is 8.95. The molecular formula is C10H15N3O2S. The predicted octanol–water partition coefficient (Wildman–Crippen LogP) is 0.835. The zero-order valence-corrected chi connectivity index (χ0v) is 9.77. The van der Waals surface area contributed by atoms with E-state index in [4.69, 9.17) is 4.55 Å². The molecule has 1 fully saturated rings. The Bertz CT molecular complexity index is 352. The number of hydrogen-bond acceptors (Lipinski definition) is 4. The third-order valence-corrected chi connectivity index (χ3v) is 3.49. The summed E-state index contributed by atoms with van der Waals surface area (Å²) >= 11 is -1.72. The van der Waals surface area contributed by atoms with Gasteiger partial charge in [-0.3, -0.25) is 4.90 Å². The summed E-state index contributed by atoms with van der Waals surface area (Å²) in [4.78, 5) is 10.2. The lowest BCUT2D eigenvalue weighted by Crippen LogP contribution is -2.35. The van der Waals surface area contributed by atoms with Crippen molar-refractivity contribution in [2.45, 2.75) is 18.8 Å². The molecule has 2 rings (SSSR count). The van der Waals surface area contributed by atoms with Crippen molar-refractivity contribution in [3.05, 3.63) is 24.3 Å². The monoisotopic (exact) mass is 241 g/mol. The maximum Gasteiger partial charge on any atom is 0.167 e. The highest BCUT2D eigenvalue weighted by Gasteiger charge is 2.21. The topological polar surface area (TPSA) is 66.3 Å². The van der Waals surface area contributed by atoms with E-state index in [0.717, 1.165) is 31.6 Å². The molecule has 1 aromatic heterocycles. The van der Waals surface area contributed by atoms with Crippen molar-refractivity contribution < 1.29 is 8.76 Å². The first kappa shape index (κ1) is 11.6. The van der Waals surface area contributed by atoms with Crippen LogP contribution in [0.15, 0.2) is 18.6 Å². The van der Waals surface area contributed by atoms with E-state index in [9.17, 15) is 4.21 Å². The van der Waals surface area contributed by atoms with E-state index < -0.39 is 11.1 Å². The quantitative estimate of drug-likeness (QED) is 0.794. The van der Waals surface area contributed by atoms with Crippen LogP contribution in [-0.4, -0.2) is 42.6 Å². The highest BCUT2D eigenvalue weighted by Crippen LogP contribution is 2.25. The molecule has 16 heavy (non-hydrogen) atoms. The molecule has 1 atom stereocenters. The number of hydrogen-bond donors (Lipinski definition) is 1. The molecule has 88 valence electrons. The van der Waals surface area contributed by atoms with E-state index in [1.165, 1.54) is 0 Å². The number of likely N-dealkylation sites (tertiary alicyclic amines) is 1. The van der Waals surface area contributed by atoms with Crippen molar-refractivity contribution >= 4 is 11.1 Å². The average molecular weight is 241 g/mol. The SMILES string of the molecule is O=S(O)CN1CCC(c2ccncn2)CC1. The lowest BCUT2D eigenvalue weighted by atomic mass is 9.94. The summed E-state index contributed by atoms with van der Waals surface area (Å²) in [5.74, 6) is 0.725. The number of aromatic nitrogens is 2. The van der Waals surface area contributed by atoms with Gasteiger partial charge in [-0.15, -0.1) is 0 Å². The van der Waals surface area contributed by atoms with Crippen LogP contribution in [0.2, 0.25) is 0 Å². The molecule has 1 aliphatic rings. The molecule has 0 aliphatic carbocycles. The van der Waals surface area contributed by atoms with Gasteiger partial charge in [-0.05, 0) is 32.0 Å². The standard InChI is InChI=1S/C10H15N3O2S/c14-16(15)8-13-5-2-9(3-6-13)10-1-4-11-7-12-10/h1,4,7,9H,2-3,5-6,8H2,(H,14,15). The largest absolute Gasteiger partial charge is 0.305 e. The van der Waals surface area contributed by atoms with Crippen LogP contribution >= 0.6 is 0 Å². The van der Waals surface area contributed by atoms with Crippen LogP contribution in [-0.2, 0) is 11.1 Å². The molecule has 1 aliphatic heterocycles. The molecular weight excluding hydrogens is 226 g/mol. The van der Waals surface area contributed by atoms with Crippen LogP contribution < -0.4 is 0 Å². The molecule has 0 amide bonds. The van der Waals surface area contributed by atoms with Crippen molar-refractivity contribution in [2.75, 3.05) is 19.0 Å². The van der Waals surface area contributed by atoms with Crippen LogP contribution in [0, 0.1) is 0 Å². The number of nitrogens with zero attached hydrogens (tertiary/aromatic N) is 3. The Morgan fingerprint density at radius 1 is 1.50 bits per heavy atom. The molecule has 2 heterocycles. The van der Waals surface area contributed by atoms with E-state index in [0.29, 0.717) is 5.92 Å². The first-order valence-electron chi connectivity index (χ1n) is 5.31. The third-order valence-electron chi connectivity index (χ3n) is 2.90. The minimum Gasteiger partial charge on any atom is -0.305 e. The summed E-state index contributed by atoms with van der Waals surface area (Å²) in [5, 5.41) is 0. The van der Waals surface area contributed by atoms with Crippen molar-refractivity contribution in [3.63, 3.8) is 0 Å². The average Bonchev–Trinajstić information content (AvgIpc) is 2.30. The molecule has 0 bridgehead atoms. The van der Waals surface area contributed by atoms with Crippen molar-refractivity contribution in [1.29, 1.82) is 0 Å². The maximum absolute atomic E-state index is 10.7. The first-order chi connectivity index (χ1) is 7.75. The minimum absolute atomic E-state index is 0.260. The molecule has 1 unspecified atom stereocenters.